The smallest absolute Gasteiger partial charge is 0.338 e. The van der Waals surface area contributed by atoms with Gasteiger partial charge in [-0.3, -0.25) is 14.5 Å². The summed E-state index contributed by atoms with van der Waals surface area (Å²) in [7, 11) is 0. The number of carbonyl (C=O) groups excluding carboxylic acids is 3. The second-order valence-electron chi connectivity index (χ2n) is 19.1. The highest BCUT2D eigenvalue weighted by molar-refractivity contribution is 6.09. The van der Waals surface area contributed by atoms with E-state index in [1.807, 2.05) is 117 Å². The third-order valence-corrected chi connectivity index (χ3v) is 13.3. The number of amides is 2. The molecule has 12 heteroatoms. The van der Waals surface area contributed by atoms with E-state index < -0.39 is 11.6 Å². The second-order valence-corrected chi connectivity index (χ2v) is 19.1. The molecule has 0 spiro atoms. The molecule has 5 aromatic carbocycles. The average Bonchev–Trinajstić information content (AvgIpc) is 3.99. The van der Waals surface area contributed by atoms with Gasteiger partial charge in [0.1, 0.15) is 18.0 Å². The summed E-state index contributed by atoms with van der Waals surface area (Å²) < 4.78 is 31.6. The molecule has 4 aliphatic heterocycles. The zero-order valence-electron chi connectivity index (χ0n) is 39.1. The molecule has 68 heavy (non-hydrogen) atoms. The van der Waals surface area contributed by atoms with Gasteiger partial charge in [-0.2, -0.15) is 0 Å². The first-order valence-electron chi connectivity index (χ1n) is 23.8. The van der Waals surface area contributed by atoms with Gasteiger partial charge in [-0.1, -0.05) is 66.7 Å². The van der Waals surface area contributed by atoms with Crippen LogP contribution in [0.3, 0.4) is 0 Å². The number of hydrogen-bond acceptors (Lipinski definition) is 9. The van der Waals surface area contributed by atoms with Crippen LogP contribution in [0.2, 0.25) is 0 Å². The van der Waals surface area contributed by atoms with Crippen LogP contribution in [-0.4, -0.2) is 83.4 Å². The molecular formula is C56H58N4O8. The van der Waals surface area contributed by atoms with Crippen molar-refractivity contribution in [3.8, 4) is 28.5 Å². The first-order chi connectivity index (χ1) is 33.0. The number of hydrogen-bond donors (Lipinski definition) is 0. The van der Waals surface area contributed by atoms with Gasteiger partial charge in [0.15, 0.2) is 11.5 Å². The van der Waals surface area contributed by atoms with Gasteiger partial charge in [0.25, 0.3) is 11.8 Å². The number of esters is 1. The summed E-state index contributed by atoms with van der Waals surface area (Å²) in [6, 6.07) is 38.9. The minimum Gasteiger partial charge on any atom is -0.489 e. The number of ether oxygens (including phenoxy) is 5. The highest BCUT2D eigenvalue weighted by Gasteiger charge is 2.36. The maximum Gasteiger partial charge on any atom is 0.338 e. The summed E-state index contributed by atoms with van der Waals surface area (Å²) in [5.41, 5.74) is 8.29. The van der Waals surface area contributed by atoms with E-state index in [1.165, 1.54) is 5.56 Å². The van der Waals surface area contributed by atoms with Crippen molar-refractivity contribution in [3.05, 3.63) is 166 Å². The molecule has 0 saturated carbocycles. The van der Waals surface area contributed by atoms with Gasteiger partial charge < -0.3 is 38.1 Å². The van der Waals surface area contributed by atoms with Crippen LogP contribution >= 0.6 is 0 Å². The molecule has 0 N–H and O–H groups in total. The SMILES string of the molecule is CC(C)(C)OC(=O)c1ccc(CN(C(=O)c2cc(-c3cc4c(cc3C(=O)N3Cc5ccccc5C[C@H]3CN3CCOCC3)OCO4)n3c2CCCC3)c2ccc(OCc3ccccc3)cc2)cc1. The fraction of sp³-hybridized carbons (Fsp3) is 0.339. The van der Waals surface area contributed by atoms with E-state index in [2.05, 4.69) is 27.7 Å². The molecule has 1 aromatic heterocycles. The van der Waals surface area contributed by atoms with Crippen LogP contribution in [0.5, 0.6) is 17.2 Å². The Labute approximate surface area is 397 Å². The predicted molar refractivity (Wildman–Crippen MR) is 259 cm³/mol. The van der Waals surface area contributed by atoms with Crippen LogP contribution in [0.1, 0.15) is 92.6 Å². The Morgan fingerprint density at radius 1 is 0.750 bits per heavy atom. The standard InChI is InChI=1S/C56H58N4O8/c1-56(2,3)68-55(63)40-18-16-38(17-19-40)33-59(43-20-22-45(23-21-43)65-36-39-11-5-4-6-12-39)54(62)48-30-50(58-24-10-9-15-49(48)58)46-31-51-52(67-37-66-51)32-47(46)53(61)60-34-42-14-8-7-13-41(42)29-44(60)35-57-25-27-64-28-26-57/h4-8,11-14,16-23,30-32,44H,9-10,15,24-29,33-37H2,1-3H3/t44-/m0/s1. The number of carbonyl (C=O) groups is 3. The van der Waals surface area contributed by atoms with Gasteiger partial charge in [0.05, 0.1) is 36.4 Å². The van der Waals surface area contributed by atoms with Gasteiger partial charge in [-0.25, -0.2) is 4.79 Å². The van der Waals surface area contributed by atoms with Crippen molar-refractivity contribution in [2.45, 2.75) is 84.3 Å². The van der Waals surface area contributed by atoms with E-state index >= 15 is 9.59 Å². The lowest BCUT2D eigenvalue weighted by atomic mass is 9.92. The molecule has 6 aromatic rings. The molecule has 12 nitrogen and oxygen atoms in total. The summed E-state index contributed by atoms with van der Waals surface area (Å²) in [5, 5.41) is 0. The number of benzene rings is 5. The molecule has 0 aliphatic carbocycles. The van der Waals surface area contributed by atoms with E-state index in [0.29, 0.717) is 84.5 Å². The Morgan fingerprint density at radius 2 is 1.47 bits per heavy atom. The van der Waals surface area contributed by atoms with Crippen LogP contribution in [0.25, 0.3) is 11.3 Å². The minimum atomic E-state index is -0.634. The number of aromatic nitrogens is 1. The molecule has 1 fully saturated rings. The lowest BCUT2D eigenvalue weighted by Crippen LogP contribution is -2.52. The summed E-state index contributed by atoms with van der Waals surface area (Å²) in [5.74, 6) is 1.10. The van der Waals surface area contributed by atoms with Crippen LogP contribution in [0.4, 0.5) is 5.69 Å². The van der Waals surface area contributed by atoms with E-state index in [9.17, 15) is 4.79 Å². The lowest BCUT2D eigenvalue weighted by Gasteiger charge is -2.40. The molecule has 2 amide bonds. The number of morpholine rings is 1. The quantitative estimate of drug-likeness (QED) is 0.111. The zero-order valence-corrected chi connectivity index (χ0v) is 39.1. The number of nitrogens with zero attached hydrogens (tertiary/aromatic N) is 4. The second kappa shape index (κ2) is 19.4. The molecule has 0 unspecified atom stereocenters. The van der Waals surface area contributed by atoms with E-state index in [0.717, 1.165) is 67.0 Å². The molecule has 0 bridgehead atoms. The van der Waals surface area contributed by atoms with Crippen LogP contribution in [0.15, 0.2) is 121 Å². The Bertz CT molecular complexity index is 2790. The van der Waals surface area contributed by atoms with E-state index in [4.69, 9.17) is 23.7 Å². The largest absolute Gasteiger partial charge is 0.489 e. The van der Waals surface area contributed by atoms with Crippen molar-refractivity contribution in [3.63, 3.8) is 0 Å². The van der Waals surface area contributed by atoms with Crippen LogP contribution in [0, 0.1) is 0 Å². The fourth-order valence-electron chi connectivity index (χ4n) is 9.79. The van der Waals surface area contributed by atoms with Crippen LogP contribution < -0.4 is 19.1 Å². The summed E-state index contributed by atoms with van der Waals surface area (Å²) >= 11 is 0. The molecule has 1 atom stereocenters. The molecule has 350 valence electrons. The van der Waals surface area contributed by atoms with Gasteiger partial charge in [-0.15, -0.1) is 0 Å². The lowest BCUT2D eigenvalue weighted by molar-refractivity contribution is 0.00689. The molecule has 4 aliphatic rings. The maximum atomic E-state index is 15.5. The molecule has 0 radical (unpaired) electrons. The van der Waals surface area contributed by atoms with Gasteiger partial charge >= 0.3 is 5.97 Å². The normalized spacial score (nSPS) is 16.7. The first kappa shape index (κ1) is 44.9. The van der Waals surface area contributed by atoms with Crippen molar-refractivity contribution in [1.82, 2.24) is 14.4 Å². The summed E-state index contributed by atoms with van der Waals surface area (Å²) in [4.78, 5) is 50.1. The predicted octanol–water partition coefficient (Wildman–Crippen LogP) is 9.50. The fourth-order valence-corrected chi connectivity index (χ4v) is 9.79. The molecule has 5 heterocycles. The Morgan fingerprint density at radius 3 is 2.22 bits per heavy atom. The van der Waals surface area contributed by atoms with Crippen LogP contribution in [-0.2, 0) is 48.6 Å². The van der Waals surface area contributed by atoms with Gasteiger partial charge in [-0.05, 0) is 123 Å². The zero-order chi connectivity index (χ0) is 46.8. The van der Waals surface area contributed by atoms with Crippen molar-refractivity contribution < 1.29 is 38.1 Å². The van der Waals surface area contributed by atoms with E-state index in [1.54, 1.807) is 17.0 Å². The minimum absolute atomic E-state index is 0.0585. The molecule has 10 rings (SSSR count). The Balaban J connectivity index is 1.02. The van der Waals surface area contributed by atoms with Crippen molar-refractivity contribution >= 4 is 23.5 Å². The Hall–Kier alpha value is -6.89. The average molecular weight is 915 g/mol. The monoisotopic (exact) mass is 914 g/mol. The topological polar surface area (TPSA) is 112 Å². The molecule has 1 saturated heterocycles. The maximum absolute atomic E-state index is 15.5. The summed E-state index contributed by atoms with van der Waals surface area (Å²) in [6.45, 7) is 11.1. The van der Waals surface area contributed by atoms with E-state index in [-0.39, 0.29) is 31.2 Å². The number of anilines is 1. The van der Waals surface area contributed by atoms with Gasteiger partial charge in [0.2, 0.25) is 6.79 Å². The Kier molecular flexibility index (Phi) is 12.8. The van der Waals surface area contributed by atoms with Crippen molar-refractivity contribution in [2.75, 3.05) is 44.5 Å². The number of rotatable bonds is 12. The third kappa shape index (κ3) is 9.75. The highest BCUT2D eigenvalue weighted by atomic mass is 16.7. The molecular weight excluding hydrogens is 857 g/mol. The first-order valence-corrected chi connectivity index (χ1v) is 23.8. The van der Waals surface area contributed by atoms with Crippen molar-refractivity contribution in [2.24, 2.45) is 0 Å². The third-order valence-electron chi connectivity index (χ3n) is 13.3. The van der Waals surface area contributed by atoms with Gasteiger partial charge in [0, 0.05) is 61.4 Å². The van der Waals surface area contributed by atoms with Crippen molar-refractivity contribution in [1.29, 1.82) is 0 Å². The number of fused-ring (bicyclic) bond motifs is 3. The summed E-state index contributed by atoms with van der Waals surface area (Å²) in [6.07, 6.45) is 3.30. The highest BCUT2D eigenvalue weighted by Crippen LogP contribution is 2.43.